The van der Waals surface area contributed by atoms with Crippen molar-refractivity contribution in [1.82, 2.24) is 14.8 Å². The second-order valence-electron chi connectivity index (χ2n) is 4.60. The molecule has 1 atom stereocenters. The van der Waals surface area contributed by atoms with Gasteiger partial charge >= 0.3 is 0 Å². The lowest BCUT2D eigenvalue weighted by atomic mass is 10.1. The summed E-state index contributed by atoms with van der Waals surface area (Å²) in [6.45, 7) is 3.88. The topological polar surface area (TPSA) is 30.7 Å². The summed E-state index contributed by atoms with van der Waals surface area (Å²) >= 11 is 1.59. The van der Waals surface area contributed by atoms with E-state index in [1.807, 2.05) is 25.5 Å². The molecule has 6 heteroatoms. The average molecular weight is 297 g/mol. The second-order valence-corrected chi connectivity index (χ2v) is 5.79. The Hall–Kier alpha value is -1.43. The molecule has 0 aliphatic heterocycles. The Kier molecular flexibility index (Phi) is 4.75. The Morgan fingerprint density at radius 1 is 1.30 bits per heavy atom. The van der Waals surface area contributed by atoms with Gasteiger partial charge < -0.3 is 4.57 Å². The van der Waals surface area contributed by atoms with Gasteiger partial charge in [-0.15, -0.1) is 22.0 Å². The van der Waals surface area contributed by atoms with E-state index in [1.165, 1.54) is 12.1 Å². The van der Waals surface area contributed by atoms with E-state index >= 15 is 0 Å². The van der Waals surface area contributed by atoms with Crippen molar-refractivity contribution in [2.45, 2.75) is 31.3 Å². The lowest BCUT2D eigenvalue weighted by Crippen LogP contribution is -2.02. The number of rotatable bonds is 5. The highest BCUT2D eigenvalue weighted by molar-refractivity contribution is 7.98. The smallest absolute Gasteiger partial charge is 0.142 e. The molecule has 0 unspecified atom stereocenters. The monoisotopic (exact) mass is 297 g/mol. The molecule has 20 heavy (non-hydrogen) atoms. The zero-order chi connectivity index (χ0) is 14.7. The quantitative estimate of drug-likeness (QED) is 0.841. The molecule has 0 saturated carbocycles. The minimum atomic E-state index is -0.546. The van der Waals surface area contributed by atoms with Gasteiger partial charge in [0, 0.05) is 23.9 Å². The predicted molar refractivity (Wildman–Crippen MR) is 76.4 cm³/mol. The van der Waals surface area contributed by atoms with E-state index in [2.05, 4.69) is 10.2 Å². The molecule has 1 heterocycles. The van der Waals surface area contributed by atoms with Crippen LogP contribution in [0.5, 0.6) is 0 Å². The summed E-state index contributed by atoms with van der Waals surface area (Å²) in [6.07, 6.45) is 0.768. The lowest BCUT2D eigenvalue weighted by molar-refractivity contribution is 0.569. The van der Waals surface area contributed by atoms with Crippen LogP contribution in [0.15, 0.2) is 18.2 Å². The number of hydrogen-bond acceptors (Lipinski definition) is 3. The van der Waals surface area contributed by atoms with Crippen LogP contribution in [0.2, 0.25) is 0 Å². The zero-order valence-corrected chi connectivity index (χ0v) is 12.5. The van der Waals surface area contributed by atoms with Crippen LogP contribution in [0.25, 0.3) is 0 Å². The summed E-state index contributed by atoms with van der Waals surface area (Å²) in [5, 5.41) is 8.07. The van der Waals surface area contributed by atoms with Crippen LogP contribution in [-0.4, -0.2) is 14.8 Å². The molecular formula is C14H17F2N3S. The zero-order valence-electron chi connectivity index (χ0n) is 11.7. The van der Waals surface area contributed by atoms with Gasteiger partial charge in [-0.05, 0) is 19.4 Å². The summed E-state index contributed by atoms with van der Waals surface area (Å²) in [5.41, 5.74) is 0.540. The maximum atomic E-state index is 13.8. The molecule has 0 amide bonds. The third kappa shape index (κ3) is 3.17. The first-order valence-electron chi connectivity index (χ1n) is 6.44. The minimum Gasteiger partial charge on any atom is -0.318 e. The number of aromatic nitrogens is 3. The third-order valence-electron chi connectivity index (χ3n) is 3.28. The van der Waals surface area contributed by atoms with Crippen LogP contribution in [0.1, 0.15) is 35.8 Å². The molecule has 2 rings (SSSR count). The molecular weight excluding hydrogens is 280 g/mol. The fourth-order valence-corrected chi connectivity index (χ4v) is 3.15. The lowest BCUT2D eigenvalue weighted by Gasteiger charge is -2.15. The van der Waals surface area contributed by atoms with Gasteiger partial charge in [0.1, 0.15) is 23.3 Å². The molecule has 108 valence electrons. The van der Waals surface area contributed by atoms with Gasteiger partial charge in [0.05, 0.1) is 5.75 Å². The molecule has 1 aromatic carbocycles. The Balaban J connectivity index is 2.11. The molecule has 0 N–H and O–H groups in total. The highest BCUT2D eigenvalue weighted by Gasteiger charge is 2.16. The van der Waals surface area contributed by atoms with Crippen molar-refractivity contribution in [3.8, 4) is 0 Å². The molecule has 0 bridgehead atoms. The molecule has 0 saturated heterocycles. The molecule has 0 radical (unpaired) electrons. The summed E-state index contributed by atoms with van der Waals surface area (Å²) in [5.74, 6) is 1.32. The summed E-state index contributed by atoms with van der Waals surface area (Å²) in [7, 11) is 1.91. The van der Waals surface area contributed by atoms with E-state index < -0.39 is 11.6 Å². The van der Waals surface area contributed by atoms with E-state index in [9.17, 15) is 8.78 Å². The molecule has 0 spiro atoms. The molecule has 0 fully saturated rings. The Morgan fingerprint density at radius 3 is 2.60 bits per heavy atom. The maximum Gasteiger partial charge on any atom is 0.142 e. The number of hydrogen-bond donors (Lipinski definition) is 0. The first kappa shape index (κ1) is 15.0. The SMILES string of the molecule is CC[C@H](SCc1nnc(C)n1C)c1ccc(F)cc1F. The van der Waals surface area contributed by atoms with Crippen molar-refractivity contribution in [2.24, 2.45) is 7.05 Å². The van der Waals surface area contributed by atoms with Crippen molar-refractivity contribution in [3.05, 3.63) is 47.0 Å². The van der Waals surface area contributed by atoms with Crippen molar-refractivity contribution in [2.75, 3.05) is 0 Å². The van der Waals surface area contributed by atoms with Gasteiger partial charge in [-0.2, -0.15) is 0 Å². The fourth-order valence-electron chi connectivity index (χ4n) is 1.94. The molecule has 3 nitrogen and oxygen atoms in total. The average Bonchev–Trinajstić information content (AvgIpc) is 2.73. The number of halogens is 2. The Bertz CT molecular complexity index is 598. The van der Waals surface area contributed by atoms with Crippen molar-refractivity contribution >= 4 is 11.8 Å². The van der Waals surface area contributed by atoms with Crippen molar-refractivity contribution < 1.29 is 8.78 Å². The van der Waals surface area contributed by atoms with Crippen LogP contribution >= 0.6 is 11.8 Å². The first-order chi connectivity index (χ1) is 9.52. The van der Waals surface area contributed by atoms with E-state index in [-0.39, 0.29) is 5.25 Å². The van der Waals surface area contributed by atoms with Gasteiger partial charge in [0.25, 0.3) is 0 Å². The predicted octanol–water partition coefficient (Wildman–Crippen LogP) is 3.79. The fraction of sp³-hybridized carbons (Fsp3) is 0.429. The van der Waals surface area contributed by atoms with Gasteiger partial charge in [-0.1, -0.05) is 13.0 Å². The van der Waals surface area contributed by atoms with Gasteiger partial charge in [0.15, 0.2) is 0 Å². The Labute approximate surface area is 121 Å². The normalized spacial score (nSPS) is 12.7. The van der Waals surface area contributed by atoms with E-state index in [4.69, 9.17) is 0 Å². The van der Waals surface area contributed by atoms with Gasteiger partial charge in [0.2, 0.25) is 0 Å². The third-order valence-corrected chi connectivity index (χ3v) is 4.69. The largest absolute Gasteiger partial charge is 0.318 e. The maximum absolute atomic E-state index is 13.8. The van der Waals surface area contributed by atoms with E-state index in [0.717, 1.165) is 24.1 Å². The van der Waals surface area contributed by atoms with Crippen LogP contribution in [0.3, 0.4) is 0 Å². The standard InChI is InChI=1S/C14H17F2N3S/c1-4-13(11-6-5-10(15)7-12(11)16)20-8-14-18-17-9(2)19(14)3/h5-7,13H,4,8H2,1-3H3/t13-/m0/s1. The van der Waals surface area contributed by atoms with Crippen LogP contribution < -0.4 is 0 Å². The molecule has 0 aliphatic rings. The van der Waals surface area contributed by atoms with Crippen LogP contribution in [0.4, 0.5) is 8.78 Å². The first-order valence-corrected chi connectivity index (χ1v) is 7.49. The molecule has 2 aromatic rings. The number of aryl methyl sites for hydroxylation is 1. The molecule has 0 aliphatic carbocycles. The van der Waals surface area contributed by atoms with Crippen LogP contribution in [-0.2, 0) is 12.8 Å². The van der Waals surface area contributed by atoms with Gasteiger partial charge in [-0.3, -0.25) is 0 Å². The summed E-state index contributed by atoms with van der Waals surface area (Å²) < 4.78 is 28.7. The number of nitrogens with zero attached hydrogens (tertiary/aromatic N) is 3. The van der Waals surface area contributed by atoms with E-state index in [0.29, 0.717) is 11.3 Å². The minimum absolute atomic E-state index is 0.0207. The van der Waals surface area contributed by atoms with Crippen LogP contribution in [0, 0.1) is 18.6 Å². The number of benzene rings is 1. The highest BCUT2D eigenvalue weighted by Crippen LogP contribution is 2.35. The second kappa shape index (κ2) is 6.35. The summed E-state index contributed by atoms with van der Waals surface area (Å²) in [4.78, 5) is 0. The van der Waals surface area contributed by atoms with Crippen molar-refractivity contribution in [1.29, 1.82) is 0 Å². The summed E-state index contributed by atoms with van der Waals surface area (Å²) in [6, 6.07) is 3.76. The molecule has 1 aromatic heterocycles. The highest BCUT2D eigenvalue weighted by atomic mass is 32.2. The van der Waals surface area contributed by atoms with E-state index in [1.54, 1.807) is 11.8 Å². The van der Waals surface area contributed by atoms with Crippen molar-refractivity contribution in [3.63, 3.8) is 0 Å². The number of thioether (sulfide) groups is 1. The Morgan fingerprint density at radius 2 is 2.05 bits per heavy atom. The van der Waals surface area contributed by atoms with Gasteiger partial charge in [-0.25, -0.2) is 8.78 Å².